The van der Waals surface area contributed by atoms with Crippen LogP contribution in [-0.2, 0) is 45.3 Å². The van der Waals surface area contributed by atoms with Crippen molar-refractivity contribution < 1.29 is 27.2 Å². The first kappa shape index (κ1) is 30.7. The van der Waals surface area contributed by atoms with Gasteiger partial charge in [-0.1, -0.05) is 54.4 Å². The standard InChI is InChI=1S/C37H40N2O6S/c1-25-14-16-28(17-15-25)46(41,42)39-32(22-26-10-4-2-5-11-26)36(40)45-38-35-30-13-7-6-12-29(30)31-23-27-18-21-37(19-8-3-9-20-37)44-33(27)24-34(31)43-35/h2,4-5,10-11,14-17,23-24,32,39H,3,6-9,12-13,18-22H2,1H3/b38-35-/t32-/m0/s1. The minimum atomic E-state index is -4.02. The molecule has 0 saturated heterocycles. The molecule has 1 N–H and O–H groups in total. The number of rotatable bonds is 7. The van der Waals surface area contributed by atoms with Gasteiger partial charge in [0.05, 0.1) is 4.90 Å². The summed E-state index contributed by atoms with van der Waals surface area (Å²) < 4.78 is 42.2. The van der Waals surface area contributed by atoms with Gasteiger partial charge in [-0.3, -0.25) is 0 Å². The molecule has 7 rings (SSSR count). The summed E-state index contributed by atoms with van der Waals surface area (Å²) in [6, 6.07) is 18.7. The quantitative estimate of drug-likeness (QED) is 0.180. The topological polar surface area (TPSA) is 107 Å². The molecule has 240 valence electrons. The molecule has 1 saturated carbocycles. The summed E-state index contributed by atoms with van der Waals surface area (Å²) in [5, 5.41) is 5.31. The molecule has 0 bridgehead atoms. The van der Waals surface area contributed by atoms with E-state index in [0.717, 1.165) is 79.2 Å². The van der Waals surface area contributed by atoms with Crippen LogP contribution in [0.4, 0.5) is 0 Å². The number of fused-ring (bicyclic) bond motifs is 4. The third-order valence-electron chi connectivity index (χ3n) is 9.78. The van der Waals surface area contributed by atoms with E-state index in [4.69, 9.17) is 14.0 Å². The second-order valence-corrected chi connectivity index (χ2v) is 14.8. The zero-order chi connectivity index (χ0) is 31.7. The van der Waals surface area contributed by atoms with Crippen molar-refractivity contribution in [2.45, 2.75) is 101 Å². The normalized spacial score (nSPS) is 18.4. The van der Waals surface area contributed by atoms with Gasteiger partial charge in [0.15, 0.2) is 0 Å². The molecule has 1 spiro atoms. The van der Waals surface area contributed by atoms with Crippen molar-refractivity contribution in [3.8, 4) is 5.75 Å². The van der Waals surface area contributed by atoms with E-state index in [2.05, 4.69) is 15.9 Å². The van der Waals surface area contributed by atoms with Crippen LogP contribution >= 0.6 is 0 Å². The van der Waals surface area contributed by atoms with Gasteiger partial charge >= 0.3 is 5.97 Å². The fourth-order valence-corrected chi connectivity index (χ4v) is 8.42. The van der Waals surface area contributed by atoms with Crippen LogP contribution in [0.15, 0.2) is 81.2 Å². The zero-order valence-electron chi connectivity index (χ0n) is 26.2. The molecule has 1 aromatic heterocycles. The molecule has 3 aromatic carbocycles. The van der Waals surface area contributed by atoms with E-state index in [1.54, 1.807) is 12.1 Å². The van der Waals surface area contributed by atoms with Gasteiger partial charge in [0.1, 0.15) is 23.0 Å². The lowest BCUT2D eigenvalue weighted by Crippen LogP contribution is -2.43. The Morgan fingerprint density at radius 2 is 1.65 bits per heavy atom. The van der Waals surface area contributed by atoms with E-state index in [-0.39, 0.29) is 22.5 Å². The van der Waals surface area contributed by atoms with E-state index >= 15 is 0 Å². The van der Waals surface area contributed by atoms with Gasteiger partial charge in [-0.2, -0.15) is 4.72 Å². The van der Waals surface area contributed by atoms with Crippen molar-refractivity contribution in [2.24, 2.45) is 5.16 Å². The average Bonchev–Trinajstić information content (AvgIpc) is 3.07. The maximum atomic E-state index is 13.6. The molecular formula is C37H40N2O6S. The zero-order valence-corrected chi connectivity index (χ0v) is 27.0. The fourth-order valence-electron chi connectivity index (χ4n) is 7.24. The summed E-state index contributed by atoms with van der Waals surface area (Å²) in [5.74, 6) is 0.0592. The smallest absolute Gasteiger partial charge is 0.353 e. The van der Waals surface area contributed by atoms with Gasteiger partial charge in [0, 0.05) is 17.0 Å². The van der Waals surface area contributed by atoms with Gasteiger partial charge in [-0.15, -0.1) is 0 Å². The Labute approximate surface area is 269 Å². The molecular weight excluding hydrogens is 600 g/mol. The number of benzene rings is 3. The molecule has 1 fully saturated rings. The third kappa shape index (κ3) is 6.35. The van der Waals surface area contributed by atoms with Crippen LogP contribution in [0.25, 0.3) is 11.0 Å². The Morgan fingerprint density at radius 3 is 2.41 bits per heavy atom. The Balaban J connectivity index is 1.21. The predicted molar refractivity (Wildman–Crippen MR) is 175 cm³/mol. The highest BCUT2D eigenvalue weighted by Gasteiger charge is 2.38. The molecule has 2 heterocycles. The Kier molecular flexibility index (Phi) is 8.46. The van der Waals surface area contributed by atoms with Crippen molar-refractivity contribution in [3.05, 3.63) is 100 Å². The summed E-state index contributed by atoms with van der Waals surface area (Å²) in [6.07, 6.45) is 11.6. The molecule has 1 atom stereocenters. The Morgan fingerprint density at radius 1 is 0.913 bits per heavy atom. The van der Waals surface area contributed by atoms with Crippen molar-refractivity contribution in [3.63, 3.8) is 0 Å². The minimum Gasteiger partial charge on any atom is -0.487 e. The lowest BCUT2D eigenvalue weighted by Gasteiger charge is -2.41. The van der Waals surface area contributed by atoms with Crippen LogP contribution in [0.5, 0.6) is 5.75 Å². The molecule has 2 aliphatic carbocycles. The number of sulfonamides is 1. The number of aryl methyl sites for hydroxylation is 3. The molecule has 4 aromatic rings. The van der Waals surface area contributed by atoms with E-state index in [1.165, 1.54) is 42.5 Å². The molecule has 9 heteroatoms. The van der Waals surface area contributed by atoms with Crippen molar-refractivity contribution in [1.82, 2.24) is 4.72 Å². The molecule has 3 aliphatic rings. The first-order valence-electron chi connectivity index (χ1n) is 16.5. The fraction of sp³-hybridized carbons (Fsp3) is 0.405. The van der Waals surface area contributed by atoms with Gasteiger partial charge in [-0.05, 0) is 118 Å². The van der Waals surface area contributed by atoms with Gasteiger partial charge in [0.2, 0.25) is 10.0 Å². The molecule has 46 heavy (non-hydrogen) atoms. The summed E-state index contributed by atoms with van der Waals surface area (Å²) in [6.45, 7) is 1.88. The number of hydrogen-bond donors (Lipinski definition) is 1. The van der Waals surface area contributed by atoms with Crippen molar-refractivity contribution >= 4 is 27.0 Å². The van der Waals surface area contributed by atoms with Crippen LogP contribution in [0.2, 0.25) is 0 Å². The van der Waals surface area contributed by atoms with Crippen LogP contribution in [0.3, 0.4) is 0 Å². The van der Waals surface area contributed by atoms with Gasteiger partial charge in [-0.25, -0.2) is 13.2 Å². The molecule has 0 unspecified atom stereocenters. The summed E-state index contributed by atoms with van der Waals surface area (Å²) in [5.41, 5.74) is 5.85. The monoisotopic (exact) mass is 640 g/mol. The van der Waals surface area contributed by atoms with Gasteiger partial charge < -0.3 is 14.0 Å². The van der Waals surface area contributed by atoms with Gasteiger partial charge in [0.25, 0.3) is 5.55 Å². The second kappa shape index (κ2) is 12.7. The van der Waals surface area contributed by atoms with E-state index in [9.17, 15) is 13.2 Å². The number of carbonyl (C=O) groups excluding carboxylic acids is 1. The summed E-state index contributed by atoms with van der Waals surface area (Å²) in [4.78, 5) is 19.2. The van der Waals surface area contributed by atoms with Crippen LogP contribution in [0.1, 0.15) is 79.2 Å². The van der Waals surface area contributed by atoms with E-state index in [0.29, 0.717) is 5.58 Å². The Bertz CT molecular complexity index is 1930. The van der Waals surface area contributed by atoms with Crippen molar-refractivity contribution in [2.75, 3.05) is 0 Å². The van der Waals surface area contributed by atoms with Crippen molar-refractivity contribution in [1.29, 1.82) is 0 Å². The number of ether oxygens (including phenoxy) is 1. The molecule has 0 radical (unpaired) electrons. The number of nitrogens with one attached hydrogen (secondary N) is 1. The highest BCUT2D eigenvalue weighted by molar-refractivity contribution is 7.89. The first-order chi connectivity index (χ1) is 22.3. The number of hydrogen-bond acceptors (Lipinski definition) is 7. The minimum absolute atomic E-state index is 0.0695. The van der Waals surface area contributed by atoms with Crippen LogP contribution < -0.4 is 15.0 Å². The molecule has 1 aliphatic heterocycles. The largest absolute Gasteiger partial charge is 0.487 e. The summed E-state index contributed by atoms with van der Waals surface area (Å²) in [7, 11) is -4.02. The highest BCUT2D eigenvalue weighted by Crippen LogP contribution is 2.43. The van der Waals surface area contributed by atoms with E-state index < -0.39 is 22.0 Å². The predicted octanol–water partition coefficient (Wildman–Crippen LogP) is 6.60. The summed E-state index contributed by atoms with van der Waals surface area (Å²) >= 11 is 0. The van der Waals surface area contributed by atoms with E-state index in [1.807, 2.05) is 43.3 Å². The highest BCUT2D eigenvalue weighted by atomic mass is 32.2. The third-order valence-corrected chi connectivity index (χ3v) is 11.3. The SMILES string of the molecule is Cc1ccc(S(=O)(=O)N[C@@H](Cc2ccccc2)C(=O)O/N=c2\oc3cc4c(cc3c3c2CCCC3)CCC2(CCCCC2)O4)cc1. The van der Waals surface area contributed by atoms with Crippen LogP contribution in [0, 0.1) is 6.92 Å². The Hall–Kier alpha value is -3.95. The molecule has 8 nitrogen and oxygen atoms in total. The number of carbonyl (C=O) groups is 1. The first-order valence-corrected chi connectivity index (χ1v) is 18.0. The average molecular weight is 641 g/mol. The lowest BCUT2D eigenvalue weighted by molar-refractivity contribution is -0.146. The second-order valence-electron chi connectivity index (χ2n) is 13.1. The maximum absolute atomic E-state index is 13.6. The van der Waals surface area contributed by atoms with Crippen LogP contribution in [-0.4, -0.2) is 26.0 Å². The maximum Gasteiger partial charge on any atom is 0.353 e. The lowest BCUT2D eigenvalue weighted by atomic mass is 9.78. The molecule has 0 amide bonds. The number of nitrogens with zero attached hydrogens (tertiary/aromatic N) is 1.